The van der Waals surface area contributed by atoms with Crippen LogP contribution in [-0.4, -0.2) is 23.9 Å². The van der Waals surface area contributed by atoms with Crippen molar-refractivity contribution in [2.24, 2.45) is 0 Å². The average Bonchev–Trinajstić information content (AvgIpc) is 3.06. The first-order valence-corrected chi connectivity index (χ1v) is 7.52. The first kappa shape index (κ1) is 16.4. The van der Waals surface area contributed by atoms with E-state index in [1.807, 2.05) is 13.8 Å². The SMILES string of the molecule is CC.O=C1OC(=O)c2cc(Oc3cccc4c3C(=O)OC4=O)ccc21. The third-order valence-electron chi connectivity index (χ3n) is 3.48. The first-order valence-electron chi connectivity index (χ1n) is 7.52. The molecule has 0 N–H and O–H groups in total. The van der Waals surface area contributed by atoms with Crippen molar-refractivity contribution in [1.82, 2.24) is 0 Å². The van der Waals surface area contributed by atoms with Gasteiger partial charge in [-0.3, -0.25) is 0 Å². The molecule has 0 saturated carbocycles. The van der Waals surface area contributed by atoms with E-state index in [1.54, 1.807) is 6.07 Å². The van der Waals surface area contributed by atoms with Gasteiger partial charge in [-0.05, 0) is 30.3 Å². The number of hydrogen-bond acceptors (Lipinski definition) is 7. The molecule has 4 rings (SSSR count). The Bertz CT molecular complexity index is 927. The van der Waals surface area contributed by atoms with Crippen LogP contribution in [0.1, 0.15) is 55.3 Å². The number of cyclic esters (lactones) is 4. The van der Waals surface area contributed by atoms with Crippen molar-refractivity contribution in [3.05, 3.63) is 58.7 Å². The molecule has 2 aromatic rings. The number of esters is 4. The van der Waals surface area contributed by atoms with Crippen molar-refractivity contribution in [2.45, 2.75) is 13.8 Å². The van der Waals surface area contributed by atoms with Gasteiger partial charge in [-0.25, -0.2) is 19.2 Å². The third kappa shape index (κ3) is 2.65. The zero-order chi connectivity index (χ0) is 18.1. The smallest absolute Gasteiger partial charge is 0.350 e. The van der Waals surface area contributed by atoms with Crippen LogP contribution in [0.25, 0.3) is 0 Å². The Balaban J connectivity index is 0.000000880. The number of ether oxygens (including phenoxy) is 3. The van der Waals surface area contributed by atoms with Gasteiger partial charge in [0.2, 0.25) is 0 Å². The molecule has 0 atom stereocenters. The largest absolute Gasteiger partial charge is 0.456 e. The molecule has 0 amide bonds. The van der Waals surface area contributed by atoms with Gasteiger partial charge in [0.15, 0.2) is 0 Å². The van der Waals surface area contributed by atoms with Crippen molar-refractivity contribution in [1.29, 1.82) is 0 Å². The Morgan fingerprint density at radius 3 is 2.12 bits per heavy atom. The van der Waals surface area contributed by atoms with Crippen LogP contribution in [0.4, 0.5) is 0 Å². The fourth-order valence-electron chi connectivity index (χ4n) is 2.44. The molecular weight excluding hydrogens is 328 g/mol. The maximum atomic E-state index is 11.7. The fourth-order valence-corrected chi connectivity index (χ4v) is 2.44. The van der Waals surface area contributed by atoms with Gasteiger partial charge in [-0.1, -0.05) is 19.9 Å². The molecule has 2 aliphatic rings. The molecule has 0 aromatic heterocycles. The second kappa shape index (κ2) is 6.20. The third-order valence-corrected chi connectivity index (χ3v) is 3.48. The molecule has 126 valence electrons. The normalized spacial score (nSPS) is 14.2. The van der Waals surface area contributed by atoms with Gasteiger partial charge < -0.3 is 14.2 Å². The summed E-state index contributed by atoms with van der Waals surface area (Å²) in [6.45, 7) is 4.00. The minimum absolute atomic E-state index is 0.0247. The number of carbonyl (C=O) groups is 4. The second-order valence-corrected chi connectivity index (χ2v) is 4.84. The van der Waals surface area contributed by atoms with Gasteiger partial charge in [0, 0.05) is 0 Å². The Morgan fingerprint density at radius 2 is 1.36 bits per heavy atom. The van der Waals surface area contributed by atoms with Crippen LogP contribution in [0.5, 0.6) is 11.5 Å². The maximum Gasteiger partial charge on any atom is 0.350 e. The highest BCUT2D eigenvalue weighted by molar-refractivity contribution is 6.16. The molecule has 2 heterocycles. The van der Waals surface area contributed by atoms with Crippen molar-refractivity contribution < 1.29 is 33.4 Å². The van der Waals surface area contributed by atoms with Crippen molar-refractivity contribution in [3.63, 3.8) is 0 Å². The van der Waals surface area contributed by atoms with E-state index in [0.717, 1.165) is 0 Å². The number of hydrogen-bond donors (Lipinski definition) is 0. The highest BCUT2D eigenvalue weighted by atomic mass is 16.6. The monoisotopic (exact) mass is 340 g/mol. The van der Waals surface area contributed by atoms with E-state index in [4.69, 9.17) is 4.74 Å². The van der Waals surface area contributed by atoms with Crippen LogP contribution >= 0.6 is 0 Å². The molecule has 7 nitrogen and oxygen atoms in total. The summed E-state index contributed by atoms with van der Waals surface area (Å²) in [5.74, 6) is -2.67. The van der Waals surface area contributed by atoms with Gasteiger partial charge in [0.25, 0.3) is 0 Å². The van der Waals surface area contributed by atoms with Crippen LogP contribution in [0.2, 0.25) is 0 Å². The summed E-state index contributed by atoms with van der Waals surface area (Å²) in [6, 6.07) is 8.68. The van der Waals surface area contributed by atoms with Crippen molar-refractivity contribution in [2.75, 3.05) is 0 Å². The molecule has 25 heavy (non-hydrogen) atoms. The average molecular weight is 340 g/mol. The van der Waals surface area contributed by atoms with Gasteiger partial charge in [-0.2, -0.15) is 0 Å². The van der Waals surface area contributed by atoms with E-state index in [2.05, 4.69) is 9.47 Å². The maximum absolute atomic E-state index is 11.7. The van der Waals surface area contributed by atoms with Crippen LogP contribution in [0.15, 0.2) is 36.4 Å². The molecule has 0 spiro atoms. The topological polar surface area (TPSA) is 96.0 Å². The second-order valence-electron chi connectivity index (χ2n) is 4.84. The summed E-state index contributed by atoms with van der Waals surface area (Å²) >= 11 is 0. The molecule has 0 fully saturated rings. The van der Waals surface area contributed by atoms with Crippen molar-refractivity contribution in [3.8, 4) is 11.5 Å². The van der Waals surface area contributed by atoms with Crippen LogP contribution in [0, 0.1) is 0 Å². The summed E-state index contributed by atoms with van der Waals surface area (Å²) in [4.78, 5) is 46.2. The fraction of sp³-hybridized carbons (Fsp3) is 0.111. The molecule has 0 unspecified atom stereocenters. The predicted molar refractivity (Wildman–Crippen MR) is 83.8 cm³/mol. The van der Waals surface area contributed by atoms with Gasteiger partial charge in [-0.15, -0.1) is 0 Å². The lowest BCUT2D eigenvalue weighted by Gasteiger charge is -2.08. The van der Waals surface area contributed by atoms with E-state index < -0.39 is 23.9 Å². The molecule has 0 aliphatic carbocycles. The van der Waals surface area contributed by atoms with E-state index in [9.17, 15) is 19.2 Å². The Hall–Kier alpha value is -3.48. The summed E-state index contributed by atoms with van der Waals surface area (Å²) in [7, 11) is 0. The Morgan fingerprint density at radius 1 is 0.720 bits per heavy atom. The molecule has 0 radical (unpaired) electrons. The lowest BCUT2D eigenvalue weighted by molar-refractivity contribution is 0.0425. The molecule has 7 heteroatoms. The Labute approximate surface area is 142 Å². The molecule has 0 bridgehead atoms. The summed E-state index contributed by atoms with van der Waals surface area (Å²) in [5, 5.41) is 0. The Kier molecular flexibility index (Phi) is 4.06. The van der Waals surface area contributed by atoms with Crippen LogP contribution in [0.3, 0.4) is 0 Å². The van der Waals surface area contributed by atoms with E-state index in [-0.39, 0.29) is 33.8 Å². The highest BCUT2D eigenvalue weighted by Crippen LogP contribution is 2.34. The number of fused-ring (bicyclic) bond motifs is 2. The van der Waals surface area contributed by atoms with E-state index in [0.29, 0.717) is 0 Å². The number of benzene rings is 2. The zero-order valence-electron chi connectivity index (χ0n) is 13.3. The van der Waals surface area contributed by atoms with E-state index in [1.165, 1.54) is 30.3 Å². The molecule has 0 saturated heterocycles. The quantitative estimate of drug-likeness (QED) is 0.612. The first-order chi connectivity index (χ1) is 12.0. The lowest BCUT2D eigenvalue weighted by Crippen LogP contribution is -1.99. The van der Waals surface area contributed by atoms with Gasteiger partial charge in [0.1, 0.15) is 17.1 Å². The van der Waals surface area contributed by atoms with Gasteiger partial charge >= 0.3 is 23.9 Å². The minimum Gasteiger partial charge on any atom is -0.456 e. The summed E-state index contributed by atoms with van der Waals surface area (Å²) in [6.07, 6.45) is 0. The molecule has 2 aromatic carbocycles. The standard InChI is InChI=1S/C16H6O7.C2H6/c17-13-8-5-4-7(6-10(8)15(19)22-13)21-11-3-1-2-9-12(11)16(20)23-14(9)18;1-2/h1-6H;1-2H3. The summed E-state index contributed by atoms with van der Waals surface area (Å²) in [5.41, 5.74) is 0.369. The lowest BCUT2D eigenvalue weighted by atomic mass is 10.1. The van der Waals surface area contributed by atoms with E-state index >= 15 is 0 Å². The zero-order valence-corrected chi connectivity index (χ0v) is 13.3. The van der Waals surface area contributed by atoms with Crippen molar-refractivity contribution >= 4 is 23.9 Å². The highest BCUT2D eigenvalue weighted by Gasteiger charge is 2.34. The van der Waals surface area contributed by atoms with Gasteiger partial charge in [0.05, 0.1) is 16.7 Å². The van der Waals surface area contributed by atoms with Crippen LogP contribution in [-0.2, 0) is 9.47 Å². The van der Waals surface area contributed by atoms with Crippen LogP contribution < -0.4 is 4.74 Å². The summed E-state index contributed by atoms with van der Waals surface area (Å²) < 4.78 is 14.6. The number of rotatable bonds is 2. The molecular formula is C18H12O7. The minimum atomic E-state index is -0.795. The molecule has 2 aliphatic heterocycles. The number of carbonyl (C=O) groups excluding carboxylic acids is 4. The predicted octanol–water partition coefficient (Wildman–Crippen LogP) is 3.13.